The van der Waals surface area contributed by atoms with Gasteiger partial charge in [-0.15, -0.1) is 12.4 Å². The summed E-state index contributed by atoms with van der Waals surface area (Å²) in [4.78, 5) is 21.6. The molecule has 0 amide bonds. The molecule has 0 saturated carbocycles. The van der Waals surface area contributed by atoms with Gasteiger partial charge in [-0.05, 0) is 0 Å². The minimum absolute atomic E-state index is 0. The van der Waals surface area contributed by atoms with E-state index in [0.29, 0.717) is 0 Å². The summed E-state index contributed by atoms with van der Waals surface area (Å²) in [7, 11) is -4.64. The van der Waals surface area contributed by atoms with Gasteiger partial charge >= 0.3 is 113 Å². The van der Waals surface area contributed by atoms with Gasteiger partial charge in [-0.25, -0.2) is 4.57 Å². The van der Waals surface area contributed by atoms with Gasteiger partial charge in [0.2, 0.25) is 0 Å². The van der Waals surface area contributed by atoms with Crippen molar-refractivity contribution in [2.75, 3.05) is 0 Å². The van der Waals surface area contributed by atoms with E-state index in [2.05, 4.69) is 0 Å². The van der Waals surface area contributed by atoms with E-state index in [0.717, 1.165) is 0 Å². The molecule has 0 aliphatic carbocycles. The summed E-state index contributed by atoms with van der Waals surface area (Å²) in [6, 6.07) is 0. The van der Waals surface area contributed by atoms with Crippen molar-refractivity contribution in [3.63, 3.8) is 0 Å². The van der Waals surface area contributed by atoms with E-state index in [9.17, 15) is 0 Å². The summed E-state index contributed by atoms with van der Waals surface area (Å²) in [6.45, 7) is 0. The molecule has 3 N–H and O–H groups in total. The molecule has 0 fully saturated rings. The van der Waals surface area contributed by atoms with E-state index in [1.165, 1.54) is 0 Å². The van der Waals surface area contributed by atoms with E-state index >= 15 is 0 Å². The number of phosphoric acid groups is 1. The first-order valence-corrected chi connectivity index (χ1v) is 2.35. The van der Waals surface area contributed by atoms with Crippen molar-refractivity contribution in [1.29, 1.82) is 0 Å². The molecule has 0 spiro atoms. The van der Waals surface area contributed by atoms with Gasteiger partial charge in [0.25, 0.3) is 0 Å². The van der Waals surface area contributed by atoms with E-state index in [1.54, 1.807) is 0 Å². The molecule has 0 unspecified atom stereocenters. The van der Waals surface area contributed by atoms with Gasteiger partial charge in [0.1, 0.15) is 0 Å². The molecule has 50 valence electrons. The molecule has 0 aromatic heterocycles. The number of hydrogen-bond acceptors (Lipinski definition) is 1. The molecule has 0 saturated heterocycles. The van der Waals surface area contributed by atoms with Crippen molar-refractivity contribution in [2.45, 2.75) is 0 Å². The van der Waals surface area contributed by atoms with Crippen LogP contribution in [0.4, 0.5) is 0 Å². The van der Waals surface area contributed by atoms with Crippen molar-refractivity contribution in [3.05, 3.63) is 0 Å². The Kier molecular flexibility index (Phi) is 47.0. The maximum atomic E-state index is 8.88. The van der Waals surface area contributed by atoms with Crippen molar-refractivity contribution >= 4 is 125 Å². The van der Waals surface area contributed by atoms with Crippen LogP contribution in [-0.4, -0.2) is 120 Å². The summed E-state index contributed by atoms with van der Waals surface area (Å²) >= 11 is 0. The predicted octanol–water partition coefficient (Wildman–Crippen LogP) is -2.99. The van der Waals surface area contributed by atoms with Gasteiger partial charge in [0, 0.05) is 0 Å². The third-order valence-electron chi connectivity index (χ3n) is 0. The molecule has 0 heterocycles. The topological polar surface area (TPSA) is 77.8 Å². The Morgan fingerprint density at radius 2 is 1.00 bits per heavy atom. The third-order valence-corrected chi connectivity index (χ3v) is 0. The van der Waals surface area contributed by atoms with Crippen LogP contribution >= 0.6 is 20.2 Å². The van der Waals surface area contributed by atoms with Gasteiger partial charge < -0.3 is 14.7 Å². The van der Waals surface area contributed by atoms with E-state index in [4.69, 9.17) is 19.2 Å². The van der Waals surface area contributed by atoms with Gasteiger partial charge in [-0.3, -0.25) is 0 Å². The van der Waals surface area contributed by atoms with Gasteiger partial charge in [0.05, 0.1) is 0 Å². The standard InChI is InChI=1S/2Ca.ClH.Na.H3O4P.5H/c;;;;1-5(2,3)4;;;;;/h;;1H;;(H3,1,2,3,4);;;;;. The summed E-state index contributed by atoms with van der Waals surface area (Å²) in [5.74, 6) is 0. The Hall–Kier alpha value is 3.92. The van der Waals surface area contributed by atoms with Crippen LogP contribution in [0.2, 0.25) is 0 Å². The van der Waals surface area contributed by atoms with Crippen molar-refractivity contribution in [3.8, 4) is 0 Å². The summed E-state index contributed by atoms with van der Waals surface area (Å²) in [5, 5.41) is 0. The third kappa shape index (κ3) is 76.3. The van der Waals surface area contributed by atoms with Crippen LogP contribution in [0.25, 0.3) is 0 Å². The predicted molar refractivity (Wildman–Crippen MR) is 45.7 cm³/mol. The Bertz CT molecular complexity index is 64.7. The van der Waals surface area contributed by atoms with Gasteiger partial charge in [-0.2, -0.15) is 0 Å². The Morgan fingerprint density at radius 3 is 1.00 bits per heavy atom. The van der Waals surface area contributed by atoms with Gasteiger partial charge in [-0.1, -0.05) is 0 Å². The number of halogens is 1. The molecule has 9 heteroatoms. The normalized spacial score (nSPS) is 6.56. The molecular formula is H9Ca2ClNaO4P. The Labute approximate surface area is 141 Å². The number of hydrogen-bond donors (Lipinski definition) is 3. The molecule has 0 rings (SSSR count). The molecule has 0 bridgehead atoms. The first kappa shape index (κ1) is 29.3. The fraction of sp³-hybridized carbons (Fsp3) is 0. The molecule has 0 aromatic rings. The summed E-state index contributed by atoms with van der Waals surface area (Å²) in [5.41, 5.74) is 0. The monoisotopic (exact) mass is 242 g/mol. The van der Waals surface area contributed by atoms with Crippen LogP contribution < -0.4 is 0 Å². The quantitative estimate of drug-likeness (QED) is 0.313. The van der Waals surface area contributed by atoms with E-state index < -0.39 is 7.82 Å². The first-order valence-electron chi connectivity index (χ1n) is 0.783. The zero-order valence-electron chi connectivity index (χ0n) is 2.61. The average molecular weight is 243 g/mol. The van der Waals surface area contributed by atoms with Crippen LogP contribution in [0.1, 0.15) is 0 Å². The van der Waals surface area contributed by atoms with Crippen molar-refractivity contribution in [2.24, 2.45) is 0 Å². The molecule has 0 radical (unpaired) electrons. The van der Waals surface area contributed by atoms with Crippen LogP contribution in [0.3, 0.4) is 0 Å². The van der Waals surface area contributed by atoms with Crippen LogP contribution in [0.15, 0.2) is 0 Å². The molecule has 9 heavy (non-hydrogen) atoms. The van der Waals surface area contributed by atoms with Crippen LogP contribution in [-0.2, 0) is 4.57 Å². The minimum atomic E-state index is -4.64. The van der Waals surface area contributed by atoms with E-state index in [1.807, 2.05) is 0 Å². The second-order valence-corrected chi connectivity index (χ2v) is 1.54. The first-order chi connectivity index (χ1) is 2.00. The molecule has 0 aromatic carbocycles. The Balaban J connectivity index is -0.0000000133. The summed E-state index contributed by atoms with van der Waals surface area (Å²) in [6.07, 6.45) is 0. The molecule has 4 nitrogen and oxygen atoms in total. The fourth-order valence-corrected chi connectivity index (χ4v) is 0. The zero-order chi connectivity index (χ0) is 4.50. The van der Waals surface area contributed by atoms with Gasteiger partial charge in [0.15, 0.2) is 0 Å². The number of rotatable bonds is 0. The molecule has 0 aliphatic rings. The van der Waals surface area contributed by atoms with Crippen LogP contribution in [0, 0.1) is 0 Å². The Morgan fingerprint density at radius 1 is 1.00 bits per heavy atom. The molecular weight excluding hydrogens is 234 g/mol. The van der Waals surface area contributed by atoms with Crippen molar-refractivity contribution in [1.82, 2.24) is 0 Å². The maximum absolute atomic E-state index is 8.88. The van der Waals surface area contributed by atoms with E-state index in [-0.39, 0.29) is 117 Å². The van der Waals surface area contributed by atoms with Crippen LogP contribution in [0.5, 0.6) is 0 Å². The zero-order valence-corrected chi connectivity index (χ0v) is 4.32. The average Bonchev–Trinajstić information content (AvgIpc) is 0.722. The van der Waals surface area contributed by atoms with Crippen molar-refractivity contribution < 1.29 is 19.2 Å². The second kappa shape index (κ2) is 14.4. The molecule has 0 aliphatic heterocycles. The molecule has 0 atom stereocenters. The SMILES string of the molecule is Cl.O=P(O)(O)O.[CaH2].[CaH2].[NaH]. The fourth-order valence-electron chi connectivity index (χ4n) is 0. The summed E-state index contributed by atoms with van der Waals surface area (Å²) < 4.78 is 8.88. The second-order valence-electron chi connectivity index (χ2n) is 0.513.